The summed E-state index contributed by atoms with van der Waals surface area (Å²) < 4.78 is 0. The number of nitrogens with one attached hydrogen (secondary N) is 2. The quantitative estimate of drug-likeness (QED) is 0.774. The van der Waals surface area contributed by atoms with Crippen LogP contribution >= 0.6 is 0 Å². The molecule has 0 bridgehead atoms. The number of carbonyl (C=O) groups is 1. The molecule has 0 aliphatic rings. The highest BCUT2D eigenvalue weighted by Gasteiger charge is 2.06. The Bertz CT molecular complexity index is 379. The van der Waals surface area contributed by atoms with Gasteiger partial charge in [0.1, 0.15) is 0 Å². The Labute approximate surface area is 109 Å². The zero-order valence-electron chi connectivity index (χ0n) is 11.5. The topological polar surface area (TPSA) is 54.0 Å². The molecule has 0 saturated carbocycles. The van der Waals surface area contributed by atoms with E-state index in [1.807, 2.05) is 26.0 Å². The summed E-state index contributed by atoms with van der Waals surface area (Å²) in [6.45, 7) is 7.13. The van der Waals surface area contributed by atoms with Crippen LogP contribution in [-0.4, -0.2) is 23.5 Å². The highest BCUT2D eigenvalue weighted by molar-refractivity contribution is 5.78. The van der Waals surface area contributed by atoms with Crippen molar-refractivity contribution in [3.63, 3.8) is 0 Å². The van der Waals surface area contributed by atoms with E-state index in [4.69, 9.17) is 0 Å². The second kappa shape index (κ2) is 7.82. The van der Waals surface area contributed by atoms with E-state index in [0.717, 1.165) is 24.1 Å². The Morgan fingerprint density at radius 1 is 1.50 bits per heavy atom. The molecule has 100 valence electrons. The van der Waals surface area contributed by atoms with Gasteiger partial charge in [0.2, 0.25) is 5.91 Å². The van der Waals surface area contributed by atoms with Crippen molar-refractivity contribution in [3.8, 4) is 0 Å². The summed E-state index contributed by atoms with van der Waals surface area (Å²) in [5.41, 5.74) is 2.14. The molecule has 1 atom stereocenters. The first-order valence-corrected chi connectivity index (χ1v) is 6.54. The van der Waals surface area contributed by atoms with Crippen LogP contribution in [0.15, 0.2) is 18.3 Å². The Balaban J connectivity index is 2.25. The van der Waals surface area contributed by atoms with Crippen LogP contribution in [0.1, 0.15) is 37.9 Å². The molecule has 0 fully saturated rings. The van der Waals surface area contributed by atoms with Gasteiger partial charge in [-0.2, -0.15) is 0 Å². The van der Waals surface area contributed by atoms with E-state index < -0.39 is 0 Å². The zero-order chi connectivity index (χ0) is 13.4. The first-order chi connectivity index (χ1) is 8.63. The van der Waals surface area contributed by atoms with Crippen molar-refractivity contribution in [3.05, 3.63) is 29.6 Å². The minimum absolute atomic E-state index is 0.0459. The van der Waals surface area contributed by atoms with E-state index in [2.05, 4.69) is 22.5 Å². The van der Waals surface area contributed by atoms with Crippen molar-refractivity contribution < 1.29 is 4.79 Å². The molecule has 18 heavy (non-hydrogen) atoms. The number of carbonyl (C=O) groups excluding carboxylic acids is 1. The molecule has 0 aliphatic carbocycles. The summed E-state index contributed by atoms with van der Waals surface area (Å²) in [7, 11) is 0. The predicted octanol–water partition coefficient (Wildman–Crippen LogP) is 1.78. The van der Waals surface area contributed by atoms with Crippen molar-refractivity contribution in [2.24, 2.45) is 0 Å². The first-order valence-electron chi connectivity index (χ1n) is 6.54. The first kappa shape index (κ1) is 14.6. The van der Waals surface area contributed by atoms with Gasteiger partial charge in [0.15, 0.2) is 0 Å². The summed E-state index contributed by atoms with van der Waals surface area (Å²) in [6.07, 6.45) is 3.88. The summed E-state index contributed by atoms with van der Waals surface area (Å²) in [6, 6.07) is 4.19. The summed E-state index contributed by atoms with van der Waals surface area (Å²) in [4.78, 5) is 15.9. The number of hydrogen-bond donors (Lipinski definition) is 2. The molecule has 1 aromatic heterocycles. The fourth-order valence-corrected chi connectivity index (χ4v) is 1.83. The summed E-state index contributed by atoms with van der Waals surface area (Å²) in [5.74, 6) is 0.0459. The molecule has 4 heteroatoms. The fraction of sp³-hybridized carbons (Fsp3) is 0.571. The summed E-state index contributed by atoms with van der Waals surface area (Å²) >= 11 is 0. The number of aryl methyl sites for hydroxylation is 1. The standard InChI is InChI=1S/C14H23N3O/c1-4-6-12(3)17-14(18)10-15-9-13-11(2)7-5-8-16-13/h5,7-8,12,15H,4,6,9-10H2,1-3H3,(H,17,18). The SMILES string of the molecule is CCCC(C)NC(=O)CNCc1ncccc1C. The van der Waals surface area contributed by atoms with Gasteiger partial charge in [0.05, 0.1) is 12.2 Å². The monoisotopic (exact) mass is 249 g/mol. The molecule has 1 amide bonds. The normalized spacial score (nSPS) is 12.2. The number of amides is 1. The van der Waals surface area contributed by atoms with E-state index in [9.17, 15) is 4.79 Å². The molecule has 4 nitrogen and oxygen atoms in total. The second-order valence-electron chi connectivity index (χ2n) is 4.63. The van der Waals surface area contributed by atoms with Crippen LogP contribution in [-0.2, 0) is 11.3 Å². The highest BCUT2D eigenvalue weighted by atomic mass is 16.1. The van der Waals surface area contributed by atoms with Gasteiger partial charge in [-0.05, 0) is 31.9 Å². The maximum atomic E-state index is 11.6. The van der Waals surface area contributed by atoms with Crippen molar-refractivity contribution in [2.75, 3.05) is 6.54 Å². The van der Waals surface area contributed by atoms with E-state index >= 15 is 0 Å². The highest BCUT2D eigenvalue weighted by Crippen LogP contribution is 2.01. The number of nitrogens with zero attached hydrogens (tertiary/aromatic N) is 1. The maximum absolute atomic E-state index is 11.6. The average Bonchev–Trinajstić information content (AvgIpc) is 2.31. The van der Waals surface area contributed by atoms with Crippen molar-refractivity contribution in [2.45, 2.75) is 46.2 Å². The third-order valence-electron chi connectivity index (χ3n) is 2.82. The molecule has 1 heterocycles. The lowest BCUT2D eigenvalue weighted by Gasteiger charge is -2.13. The predicted molar refractivity (Wildman–Crippen MR) is 73.2 cm³/mol. The lowest BCUT2D eigenvalue weighted by molar-refractivity contribution is -0.120. The molecule has 0 aromatic carbocycles. The number of pyridine rings is 1. The fourth-order valence-electron chi connectivity index (χ4n) is 1.83. The van der Waals surface area contributed by atoms with E-state index in [1.54, 1.807) is 6.20 Å². The third kappa shape index (κ3) is 5.27. The molecule has 2 N–H and O–H groups in total. The number of rotatable bonds is 7. The lowest BCUT2D eigenvalue weighted by Crippen LogP contribution is -2.38. The zero-order valence-corrected chi connectivity index (χ0v) is 11.5. The number of aromatic nitrogens is 1. The molecular weight excluding hydrogens is 226 g/mol. The molecule has 0 radical (unpaired) electrons. The molecule has 0 aliphatic heterocycles. The molecule has 1 unspecified atom stereocenters. The van der Waals surface area contributed by atoms with Crippen LogP contribution in [0.4, 0.5) is 0 Å². The largest absolute Gasteiger partial charge is 0.353 e. The Hall–Kier alpha value is -1.42. The third-order valence-corrected chi connectivity index (χ3v) is 2.82. The van der Waals surface area contributed by atoms with Crippen LogP contribution in [0.2, 0.25) is 0 Å². The minimum Gasteiger partial charge on any atom is -0.353 e. The van der Waals surface area contributed by atoms with E-state index in [0.29, 0.717) is 13.1 Å². The Morgan fingerprint density at radius 2 is 2.28 bits per heavy atom. The summed E-state index contributed by atoms with van der Waals surface area (Å²) in [5, 5.41) is 6.08. The maximum Gasteiger partial charge on any atom is 0.234 e. The molecule has 0 spiro atoms. The van der Waals surface area contributed by atoms with Crippen LogP contribution < -0.4 is 10.6 Å². The second-order valence-corrected chi connectivity index (χ2v) is 4.63. The van der Waals surface area contributed by atoms with Gasteiger partial charge < -0.3 is 10.6 Å². The lowest BCUT2D eigenvalue weighted by atomic mass is 10.2. The van der Waals surface area contributed by atoms with Crippen molar-refractivity contribution in [1.29, 1.82) is 0 Å². The van der Waals surface area contributed by atoms with Gasteiger partial charge in [-0.25, -0.2) is 0 Å². The van der Waals surface area contributed by atoms with E-state index in [-0.39, 0.29) is 11.9 Å². The Kier molecular flexibility index (Phi) is 6.36. The van der Waals surface area contributed by atoms with Crippen LogP contribution in [0.5, 0.6) is 0 Å². The van der Waals surface area contributed by atoms with Gasteiger partial charge in [-0.15, -0.1) is 0 Å². The minimum atomic E-state index is 0.0459. The van der Waals surface area contributed by atoms with Crippen LogP contribution in [0.25, 0.3) is 0 Å². The molecule has 0 saturated heterocycles. The number of hydrogen-bond acceptors (Lipinski definition) is 3. The van der Waals surface area contributed by atoms with Gasteiger partial charge in [0, 0.05) is 18.8 Å². The van der Waals surface area contributed by atoms with Gasteiger partial charge in [0.25, 0.3) is 0 Å². The van der Waals surface area contributed by atoms with Crippen molar-refractivity contribution >= 4 is 5.91 Å². The smallest absolute Gasteiger partial charge is 0.234 e. The van der Waals surface area contributed by atoms with Crippen LogP contribution in [0, 0.1) is 6.92 Å². The van der Waals surface area contributed by atoms with E-state index in [1.165, 1.54) is 0 Å². The average molecular weight is 249 g/mol. The van der Waals surface area contributed by atoms with Gasteiger partial charge in [-0.1, -0.05) is 19.4 Å². The van der Waals surface area contributed by atoms with Gasteiger partial charge >= 0.3 is 0 Å². The van der Waals surface area contributed by atoms with Crippen LogP contribution in [0.3, 0.4) is 0 Å². The van der Waals surface area contributed by atoms with Crippen molar-refractivity contribution in [1.82, 2.24) is 15.6 Å². The molecular formula is C14H23N3O. The molecule has 1 rings (SSSR count). The van der Waals surface area contributed by atoms with Gasteiger partial charge in [-0.3, -0.25) is 9.78 Å². The molecule has 1 aromatic rings. The Morgan fingerprint density at radius 3 is 2.94 bits per heavy atom.